The summed E-state index contributed by atoms with van der Waals surface area (Å²) < 4.78 is 5.58. The van der Waals surface area contributed by atoms with Gasteiger partial charge in [-0.2, -0.15) is 0 Å². The lowest BCUT2D eigenvalue weighted by atomic mass is 10.0. The van der Waals surface area contributed by atoms with E-state index in [1.54, 1.807) is 0 Å². The summed E-state index contributed by atoms with van der Waals surface area (Å²) in [5, 5.41) is 0.845. The Labute approximate surface area is 82.7 Å². The second kappa shape index (κ2) is 2.73. The Morgan fingerprint density at radius 1 is 1.38 bits per heavy atom. The molecule has 3 rings (SSSR count). The fourth-order valence-electron chi connectivity index (χ4n) is 2.20. The van der Waals surface area contributed by atoms with Crippen LogP contribution >= 0.6 is 11.6 Å². The maximum absolute atomic E-state index is 5.95. The second-order valence-electron chi connectivity index (χ2n) is 3.83. The van der Waals surface area contributed by atoms with Gasteiger partial charge in [0.2, 0.25) is 0 Å². The number of hydrogen-bond acceptors (Lipinski definition) is 1. The molecule has 1 fully saturated rings. The number of hydrogen-bond donors (Lipinski definition) is 0. The molecule has 2 aliphatic rings. The van der Waals surface area contributed by atoms with Crippen molar-refractivity contribution in [2.24, 2.45) is 0 Å². The fourth-order valence-corrected chi connectivity index (χ4v) is 2.39. The molecule has 0 N–H and O–H groups in total. The quantitative estimate of drug-likeness (QED) is 0.579. The topological polar surface area (TPSA) is 12.5 Å². The summed E-state index contributed by atoms with van der Waals surface area (Å²) in [5.41, 5.74) is 2.75. The summed E-state index contributed by atoms with van der Waals surface area (Å²) in [4.78, 5) is 0. The molecule has 2 heteroatoms. The van der Waals surface area contributed by atoms with E-state index in [9.17, 15) is 0 Å². The van der Waals surface area contributed by atoms with Crippen molar-refractivity contribution in [3.8, 4) is 0 Å². The van der Waals surface area contributed by atoms with Gasteiger partial charge in [-0.1, -0.05) is 17.7 Å². The van der Waals surface area contributed by atoms with Gasteiger partial charge in [0.25, 0.3) is 0 Å². The Kier molecular flexibility index (Phi) is 1.64. The first-order valence-electron chi connectivity index (χ1n) is 4.78. The maximum Gasteiger partial charge on any atom is 0.109 e. The van der Waals surface area contributed by atoms with Gasteiger partial charge in [0, 0.05) is 5.02 Å². The first kappa shape index (κ1) is 7.84. The molecule has 2 atom stereocenters. The molecule has 0 aromatic heterocycles. The van der Waals surface area contributed by atoms with E-state index in [0.29, 0.717) is 12.2 Å². The molecule has 1 aromatic carbocycles. The number of halogens is 1. The molecule has 0 unspecified atom stereocenters. The van der Waals surface area contributed by atoms with Crippen LogP contribution in [0.2, 0.25) is 5.02 Å². The van der Waals surface area contributed by atoms with Crippen LogP contribution in [0, 0.1) is 0 Å². The minimum absolute atomic E-state index is 0.384. The lowest BCUT2D eigenvalue weighted by Crippen LogP contribution is -1.90. The van der Waals surface area contributed by atoms with Gasteiger partial charge in [-0.3, -0.25) is 0 Å². The Morgan fingerprint density at radius 2 is 2.31 bits per heavy atom. The molecule has 1 aromatic rings. The maximum atomic E-state index is 5.95. The van der Waals surface area contributed by atoms with Crippen LogP contribution in [0.3, 0.4) is 0 Å². The van der Waals surface area contributed by atoms with Gasteiger partial charge in [0.05, 0.1) is 6.10 Å². The number of aryl methyl sites for hydroxylation is 1. The third-order valence-electron chi connectivity index (χ3n) is 2.93. The fraction of sp³-hybridized carbons (Fsp3) is 0.455. The Bertz CT molecular complexity index is 348. The molecular weight excluding hydrogens is 184 g/mol. The van der Waals surface area contributed by atoms with Crippen molar-refractivity contribution >= 4 is 11.6 Å². The highest BCUT2D eigenvalue weighted by Gasteiger charge is 2.42. The zero-order chi connectivity index (χ0) is 8.84. The molecule has 1 heterocycles. The minimum Gasteiger partial charge on any atom is -0.364 e. The average molecular weight is 195 g/mol. The molecule has 0 saturated carbocycles. The van der Waals surface area contributed by atoms with Gasteiger partial charge in [-0.15, -0.1) is 0 Å². The number of fused-ring (bicyclic) bond motifs is 3. The van der Waals surface area contributed by atoms with Crippen LogP contribution in [-0.4, -0.2) is 6.10 Å². The van der Waals surface area contributed by atoms with E-state index in [2.05, 4.69) is 12.1 Å². The standard InChI is InChI=1S/C11H11ClO/c12-8-4-5-9-7(6-8)2-1-3-10-11(9)13-10/h4-6,10-11H,1-3H2/t10-,11-/m1/s1. The van der Waals surface area contributed by atoms with Gasteiger partial charge < -0.3 is 4.74 Å². The monoisotopic (exact) mass is 194 g/mol. The van der Waals surface area contributed by atoms with Crippen molar-refractivity contribution in [1.29, 1.82) is 0 Å². The zero-order valence-corrected chi connectivity index (χ0v) is 8.05. The van der Waals surface area contributed by atoms with Crippen LogP contribution in [-0.2, 0) is 11.2 Å². The average Bonchev–Trinajstić information content (AvgIpc) is 2.82. The van der Waals surface area contributed by atoms with Gasteiger partial charge >= 0.3 is 0 Å². The van der Waals surface area contributed by atoms with Crippen molar-refractivity contribution in [3.05, 3.63) is 34.3 Å². The third kappa shape index (κ3) is 1.27. The van der Waals surface area contributed by atoms with Crippen LogP contribution in [0.15, 0.2) is 18.2 Å². The van der Waals surface area contributed by atoms with E-state index in [4.69, 9.17) is 16.3 Å². The minimum atomic E-state index is 0.384. The largest absolute Gasteiger partial charge is 0.364 e. The first-order valence-corrected chi connectivity index (χ1v) is 5.16. The Morgan fingerprint density at radius 3 is 3.23 bits per heavy atom. The summed E-state index contributed by atoms with van der Waals surface area (Å²) in [6.07, 6.45) is 4.48. The van der Waals surface area contributed by atoms with E-state index in [0.717, 1.165) is 11.4 Å². The van der Waals surface area contributed by atoms with E-state index < -0.39 is 0 Å². The number of rotatable bonds is 0. The van der Waals surface area contributed by atoms with Crippen molar-refractivity contribution in [2.45, 2.75) is 31.5 Å². The van der Waals surface area contributed by atoms with Crippen LogP contribution in [0.25, 0.3) is 0 Å². The molecule has 13 heavy (non-hydrogen) atoms. The van der Waals surface area contributed by atoms with E-state index >= 15 is 0 Å². The molecule has 1 aliphatic heterocycles. The Balaban J connectivity index is 2.08. The predicted molar refractivity (Wildman–Crippen MR) is 52.0 cm³/mol. The van der Waals surface area contributed by atoms with E-state index in [-0.39, 0.29) is 0 Å². The van der Waals surface area contributed by atoms with Crippen LogP contribution in [0.4, 0.5) is 0 Å². The second-order valence-corrected chi connectivity index (χ2v) is 4.27. The summed E-state index contributed by atoms with van der Waals surface area (Å²) >= 11 is 5.95. The summed E-state index contributed by atoms with van der Waals surface area (Å²) in [5.74, 6) is 0. The third-order valence-corrected chi connectivity index (χ3v) is 3.16. The Hall–Kier alpha value is -0.530. The van der Waals surface area contributed by atoms with E-state index in [1.807, 2.05) is 6.07 Å². The lowest BCUT2D eigenvalue weighted by Gasteiger charge is -2.05. The highest BCUT2D eigenvalue weighted by atomic mass is 35.5. The van der Waals surface area contributed by atoms with Gasteiger partial charge in [0.1, 0.15) is 6.10 Å². The first-order chi connectivity index (χ1) is 6.34. The zero-order valence-electron chi connectivity index (χ0n) is 7.29. The lowest BCUT2D eigenvalue weighted by molar-refractivity contribution is 0.357. The molecule has 1 aliphatic carbocycles. The van der Waals surface area contributed by atoms with Crippen LogP contribution < -0.4 is 0 Å². The van der Waals surface area contributed by atoms with Gasteiger partial charge in [0.15, 0.2) is 0 Å². The van der Waals surface area contributed by atoms with Crippen LogP contribution in [0.5, 0.6) is 0 Å². The molecular formula is C11H11ClO. The number of ether oxygens (including phenoxy) is 1. The van der Waals surface area contributed by atoms with Crippen LogP contribution in [0.1, 0.15) is 30.1 Å². The highest BCUT2D eigenvalue weighted by Crippen LogP contribution is 2.45. The normalized spacial score (nSPS) is 30.2. The smallest absolute Gasteiger partial charge is 0.109 e. The molecule has 68 valence electrons. The van der Waals surface area contributed by atoms with E-state index in [1.165, 1.54) is 24.0 Å². The summed E-state index contributed by atoms with van der Waals surface area (Å²) in [7, 11) is 0. The number of benzene rings is 1. The van der Waals surface area contributed by atoms with Crippen molar-refractivity contribution in [3.63, 3.8) is 0 Å². The SMILES string of the molecule is Clc1ccc2c(c1)CCC[C@H]1O[C@H]21. The molecule has 1 saturated heterocycles. The summed E-state index contributed by atoms with van der Waals surface area (Å²) in [6.45, 7) is 0. The van der Waals surface area contributed by atoms with Crippen molar-refractivity contribution in [1.82, 2.24) is 0 Å². The highest BCUT2D eigenvalue weighted by molar-refractivity contribution is 6.30. The number of epoxide rings is 1. The predicted octanol–water partition coefficient (Wildman–Crippen LogP) is 3.12. The van der Waals surface area contributed by atoms with Gasteiger partial charge in [-0.25, -0.2) is 0 Å². The van der Waals surface area contributed by atoms with Crippen molar-refractivity contribution < 1.29 is 4.74 Å². The summed E-state index contributed by atoms with van der Waals surface area (Å²) in [6, 6.07) is 6.17. The molecule has 0 amide bonds. The molecule has 0 radical (unpaired) electrons. The molecule has 0 bridgehead atoms. The molecule has 1 nitrogen and oxygen atoms in total. The van der Waals surface area contributed by atoms with Gasteiger partial charge in [-0.05, 0) is 42.5 Å². The molecule has 0 spiro atoms. The van der Waals surface area contributed by atoms with Crippen molar-refractivity contribution in [2.75, 3.05) is 0 Å².